The fourth-order valence-corrected chi connectivity index (χ4v) is 3.82. The number of hydrogen-bond donors (Lipinski definition) is 2. The van der Waals surface area contributed by atoms with Crippen molar-refractivity contribution in [2.45, 2.75) is 51.5 Å². The largest absolute Gasteiger partial charge is 0.417 e. The zero-order valence-electron chi connectivity index (χ0n) is 16.9. The average molecular weight is 410 g/mol. The van der Waals surface area contributed by atoms with Crippen molar-refractivity contribution >= 4 is 17.5 Å². The Kier molecular flexibility index (Phi) is 5.48. The molecule has 7 nitrogen and oxygen atoms in total. The summed E-state index contributed by atoms with van der Waals surface area (Å²) in [7, 11) is 0. The van der Waals surface area contributed by atoms with E-state index in [9.17, 15) is 14.0 Å². The highest BCUT2D eigenvalue weighted by Gasteiger charge is 2.32. The first-order valence-corrected chi connectivity index (χ1v) is 10.0. The van der Waals surface area contributed by atoms with E-state index in [4.69, 9.17) is 4.42 Å². The normalized spacial score (nSPS) is 20.8. The molecule has 2 N–H and O–H groups in total. The summed E-state index contributed by atoms with van der Waals surface area (Å²) in [5.74, 6) is -1.59. The highest BCUT2D eigenvalue weighted by atomic mass is 19.1. The fourth-order valence-electron chi connectivity index (χ4n) is 3.82. The summed E-state index contributed by atoms with van der Waals surface area (Å²) in [4.78, 5) is 25.2. The molecule has 0 unspecified atom stereocenters. The van der Waals surface area contributed by atoms with Crippen molar-refractivity contribution in [3.8, 4) is 0 Å². The van der Waals surface area contributed by atoms with Gasteiger partial charge in [0.15, 0.2) is 0 Å². The van der Waals surface area contributed by atoms with E-state index in [-0.39, 0.29) is 17.5 Å². The number of amides is 2. The van der Waals surface area contributed by atoms with E-state index in [0.29, 0.717) is 24.3 Å². The highest BCUT2D eigenvalue weighted by molar-refractivity contribution is 6.00. The molecular weight excluding hydrogens is 387 g/mol. The van der Waals surface area contributed by atoms with Crippen molar-refractivity contribution in [1.82, 2.24) is 15.5 Å². The molecule has 1 aromatic carbocycles. The second-order valence-corrected chi connectivity index (χ2v) is 7.80. The number of nitrogens with zero attached hydrogens (tertiary/aromatic N) is 2. The van der Waals surface area contributed by atoms with Crippen LogP contribution in [0.1, 0.15) is 59.8 Å². The lowest BCUT2D eigenvalue weighted by Crippen LogP contribution is -2.43. The minimum Gasteiger partial charge on any atom is -0.417 e. The maximum Gasteiger partial charge on any atom is 0.309 e. The smallest absolute Gasteiger partial charge is 0.309 e. The lowest BCUT2D eigenvalue weighted by Gasteiger charge is -2.16. The minimum absolute atomic E-state index is 0.137. The van der Waals surface area contributed by atoms with Crippen molar-refractivity contribution in [3.05, 3.63) is 64.7 Å². The maximum absolute atomic E-state index is 14.4. The van der Waals surface area contributed by atoms with Gasteiger partial charge in [0.2, 0.25) is 11.8 Å². The van der Waals surface area contributed by atoms with Crippen LogP contribution in [0.4, 0.5) is 10.1 Å². The van der Waals surface area contributed by atoms with Gasteiger partial charge in [0, 0.05) is 0 Å². The standard InChI is InChI=1S/C22H23FN4O3/c1-12-8-15-13(2)10-17(20(28)25-19(15)16(23)9-12)24-21(29)22-27-26-18(30-22)11-14-6-4-3-5-7-14/h4,6-9,13,17H,3,5,10-11H2,1-2H3,(H,24,29)(H,25,28)/t13-,17+/m0/s1. The third-order valence-corrected chi connectivity index (χ3v) is 5.34. The SMILES string of the molecule is Cc1cc(F)c2c(c1)[C@@H](C)C[C@@H](NC(=O)c1nnc(CC3=CCCC=C3)o1)C(=O)N2. The minimum atomic E-state index is -0.848. The van der Waals surface area contributed by atoms with Crippen molar-refractivity contribution in [2.75, 3.05) is 5.32 Å². The number of aromatic nitrogens is 2. The van der Waals surface area contributed by atoms with Crippen LogP contribution in [0.25, 0.3) is 0 Å². The maximum atomic E-state index is 14.4. The lowest BCUT2D eigenvalue weighted by molar-refractivity contribution is -0.118. The number of carbonyl (C=O) groups is 2. The summed E-state index contributed by atoms with van der Waals surface area (Å²) in [5, 5.41) is 13.0. The third-order valence-electron chi connectivity index (χ3n) is 5.34. The van der Waals surface area contributed by atoms with E-state index in [1.807, 2.05) is 19.1 Å². The van der Waals surface area contributed by atoms with Gasteiger partial charge in [-0.15, -0.1) is 10.2 Å². The summed E-state index contributed by atoms with van der Waals surface area (Å²) in [5.41, 5.74) is 2.72. The molecule has 2 atom stereocenters. The first-order valence-electron chi connectivity index (χ1n) is 10.0. The quantitative estimate of drug-likeness (QED) is 0.803. The molecule has 1 aromatic heterocycles. The Bertz CT molecular complexity index is 1060. The van der Waals surface area contributed by atoms with Gasteiger partial charge in [0.05, 0.1) is 12.1 Å². The van der Waals surface area contributed by atoms with Crippen molar-refractivity contribution in [2.24, 2.45) is 0 Å². The number of aryl methyl sites for hydroxylation is 1. The zero-order valence-corrected chi connectivity index (χ0v) is 16.9. The van der Waals surface area contributed by atoms with Crippen LogP contribution in [0.15, 0.2) is 40.4 Å². The molecule has 2 aromatic rings. The molecular formula is C22H23FN4O3. The molecule has 0 spiro atoms. The highest BCUT2D eigenvalue weighted by Crippen LogP contribution is 2.34. The van der Waals surface area contributed by atoms with Gasteiger partial charge in [-0.25, -0.2) is 4.39 Å². The van der Waals surface area contributed by atoms with Gasteiger partial charge < -0.3 is 15.1 Å². The molecule has 8 heteroatoms. The average Bonchev–Trinajstić information content (AvgIpc) is 3.14. The monoisotopic (exact) mass is 410 g/mol. The van der Waals surface area contributed by atoms with Gasteiger partial charge in [-0.1, -0.05) is 31.2 Å². The third kappa shape index (κ3) is 4.17. The Balaban J connectivity index is 1.46. The lowest BCUT2D eigenvalue weighted by atomic mass is 9.93. The summed E-state index contributed by atoms with van der Waals surface area (Å²) in [6, 6.07) is 2.38. The molecule has 0 saturated carbocycles. The number of carbonyl (C=O) groups excluding carboxylic acids is 2. The van der Waals surface area contributed by atoms with Crippen LogP contribution >= 0.6 is 0 Å². The predicted octanol–water partition coefficient (Wildman–Crippen LogP) is 3.58. The van der Waals surface area contributed by atoms with Crippen LogP contribution in [-0.4, -0.2) is 28.1 Å². The van der Waals surface area contributed by atoms with Crippen LogP contribution in [0.2, 0.25) is 0 Å². The van der Waals surface area contributed by atoms with E-state index in [1.165, 1.54) is 6.07 Å². The molecule has 0 radical (unpaired) electrons. The molecule has 1 aliphatic carbocycles. The van der Waals surface area contributed by atoms with E-state index >= 15 is 0 Å². The number of halogens is 1. The van der Waals surface area contributed by atoms with Crippen LogP contribution in [0.5, 0.6) is 0 Å². The van der Waals surface area contributed by atoms with E-state index < -0.39 is 23.7 Å². The molecule has 2 amide bonds. The summed E-state index contributed by atoms with van der Waals surface area (Å²) < 4.78 is 19.8. The van der Waals surface area contributed by atoms with Gasteiger partial charge in [0.1, 0.15) is 11.9 Å². The van der Waals surface area contributed by atoms with Gasteiger partial charge in [-0.05, 0) is 54.9 Å². The Hall–Kier alpha value is -3.29. The van der Waals surface area contributed by atoms with E-state index in [2.05, 4.69) is 33.0 Å². The van der Waals surface area contributed by atoms with Gasteiger partial charge in [0.25, 0.3) is 0 Å². The fraction of sp³-hybridized carbons (Fsp3) is 0.364. The Morgan fingerprint density at radius 1 is 1.33 bits per heavy atom. The molecule has 4 rings (SSSR count). The molecule has 156 valence electrons. The summed E-state index contributed by atoms with van der Waals surface area (Å²) in [6.07, 6.45) is 8.93. The van der Waals surface area contributed by atoms with E-state index in [0.717, 1.165) is 24.0 Å². The molecule has 0 bridgehead atoms. The second kappa shape index (κ2) is 8.22. The molecule has 2 aliphatic rings. The van der Waals surface area contributed by atoms with Crippen LogP contribution in [0.3, 0.4) is 0 Å². The van der Waals surface area contributed by atoms with Crippen molar-refractivity contribution < 1.29 is 18.4 Å². The Labute approximate surface area is 173 Å². The van der Waals surface area contributed by atoms with Crippen molar-refractivity contribution in [3.63, 3.8) is 0 Å². The predicted molar refractivity (Wildman–Crippen MR) is 109 cm³/mol. The second-order valence-electron chi connectivity index (χ2n) is 7.80. The molecule has 0 saturated heterocycles. The van der Waals surface area contributed by atoms with Crippen molar-refractivity contribution in [1.29, 1.82) is 0 Å². The first-order chi connectivity index (χ1) is 14.4. The first kappa shape index (κ1) is 20.0. The molecule has 2 heterocycles. The van der Waals surface area contributed by atoms with E-state index in [1.54, 1.807) is 6.92 Å². The Morgan fingerprint density at radius 2 is 2.17 bits per heavy atom. The Morgan fingerprint density at radius 3 is 2.93 bits per heavy atom. The number of nitrogens with one attached hydrogen (secondary N) is 2. The van der Waals surface area contributed by atoms with Gasteiger partial charge in [-0.3, -0.25) is 9.59 Å². The molecule has 0 fully saturated rings. The number of fused-ring (bicyclic) bond motifs is 1. The van der Waals surface area contributed by atoms with Gasteiger partial charge >= 0.3 is 11.8 Å². The van der Waals surface area contributed by atoms with Crippen LogP contribution in [0, 0.1) is 12.7 Å². The summed E-state index contributed by atoms with van der Waals surface area (Å²) in [6.45, 7) is 3.70. The zero-order chi connectivity index (χ0) is 21.3. The number of rotatable bonds is 4. The molecule has 1 aliphatic heterocycles. The number of allylic oxidation sites excluding steroid dienone is 4. The molecule has 30 heavy (non-hydrogen) atoms. The number of anilines is 1. The van der Waals surface area contributed by atoms with Gasteiger partial charge in [-0.2, -0.15) is 0 Å². The summed E-state index contributed by atoms with van der Waals surface area (Å²) >= 11 is 0. The number of benzene rings is 1. The van der Waals surface area contributed by atoms with Crippen LogP contribution < -0.4 is 10.6 Å². The number of hydrogen-bond acceptors (Lipinski definition) is 5. The van der Waals surface area contributed by atoms with Crippen LogP contribution in [-0.2, 0) is 11.2 Å². The topological polar surface area (TPSA) is 97.1 Å².